The van der Waals surface area contributed by atoms with Crippen LogP contribution in [0.2, 0.25) is 0 Å². The minimum absolute atomic E-state index is 0.175. The van der Waals surface area contributed by atoms with Gasteiger partial charge in [0.25, 0.3) is 0 Å². The van der Waals surface area contributed by atoms with Crippen LogP contribution in [0.4, 0.5) is 0 Å². The second kappa shape index (κ2) is 4.44. The number of aryl methyl sites for hydroxylation is 1. The minimum atomic E-state index is 0.175. The molecule has 1 amide bonds. The average Bonchev–Trinajstić information content (AvgIpc) is 2.95. The lowest BCUT2D eigenvalue weighted by Gasteiger charge is -2.27. The summed E-state index contributed by atoms with van der Waals surface area (Å²) in [6.45, 7) is 4.36. The Morgan fingerprint density at radius 2 is 2.06 bits per heavy atom. The smallest absolute Gasteiger partial charge is 0.230 e. The molecule has 0 atom stereocenters. The molecular weight excluding hydrogens is 218 g/mol. The number of fused-ring (bicyclic) bond motifs is 1. The molecule has 2 aliphatic heterocycles. The van der Waals surface area contributed by atoms with E-state index in [1.54, 1.807) is 0 Å². The van der Waals surface area contributed by atoms with Gasteiger partial charge in [0, 0.05) is 39.1 Å². The molecule has 1 aromatic heterocycles. The highest BCUT2D eigenvalue weighted by Gasteiger charge is 2.22. The number of rotatable bonds is 2. The summed E-state index contributed by atoms with van der Waals surface area (Å²) in [6, 6.07) is 0. The van der Waals surface area contributed by atoms with Crippen molar-refractivity contribution in [2.24, 2.45) is 0 Å². The Labute approximate surface area is 100 Å². The quantitative estimate of drug-likeness (QED) is 0.729. The van der Waals surface area contributed by atoms with Crippen LogP contribution in [0.3, 0.4) is 0 Å². The molecule has 1 aromatic rings. The molecular formula is C11H17N5O. The Morgan fingerprint density at radius 3 is 2.88 bits per heavy atom. The lowest BCUT2D eigenvalue weighted by molar-refractivity contribution is -0.131. The van der Waals surface area contributed by atoms with Gasteiger partial charge in [-0.05, 0) is 6.42 Å². The molecule has 0 aromatic carbocycles. The molecule has 1 fully saturated rings. The van der Waals surface area contributed by atoms with Crippen LogP contribution in [0, 0.1) is 0 Å². The van der Waals surface area contributed by atoms with Crippen molar-refractivity contribution in [1.82, 2.24) is 25.0 Å². The second-order valence-corrected chi connectivity index (χ2v) is 4.60. The Kier molecular flexibility index (Phi) is 2.80. The van der Waals surface area contributed by atoms with Crippen molar-refractivity contribution in [2.75, 3.05) is 26.2 Å². The van der Waals surface area contributed by atoms with Crippen molar-refractivity contribution < 1.29 is 4.79 Å². The topological polar surface area (TPSA) is 63.1 Å². The summed E-state index contributed by atoms with van der Waals surface area (Å²) < 4.78 is 2.10. The minimum Gasteiger partial charge on any atom is -0.340 e. The Hall–Kier alpha value is -1.43. The van der Waals surface area contributed by atoms with Crippen molar-refractivity contribution in [3.05, 3.63) is 11.6 Å². The van der Waals surface area contributed by atoms with Crippen LogP contribution >= 0.6 is 0 Å². The van der Waals surface area contributed by atoms with E-state index in [2.05, 4.69) is 20.1 Å². The number of carbonyl (C=O) groups is 1. The zero-order valence-electron chi connectivity index (χ0n) is 9.85. The Morgan fingerprint density at radius 1 is 1.24 bits per heavy atom. The van der Waals surface area contributed by atoms with E-state index in [4.69, 9.17) is 0 Å². The second-order valence-electron chi connectivity index (χ2n) is 4.60. The van der Waals surface area contributed by atoms with E-state index in [0.717, 1.165) is 57.2 Å². The lowest BCUT2D eigenvalue weighted by Crippen LogP contribution is -2.47. The first-order valence-electron chi connectivity index (χ1n) is 6.24. The Balaban J connectivity index is 1.67. The third-order valence-electron chi connectivity index (χ3n) is 3.47. The van der Waals surface area contributed by atoms with Crippen LogP contribution in [0.5, 0.6) is 0 Å². The highest BCUT2D eigenvalue weighted by Crippen LogP contribution is 2.14. The van der Waals surface area contributed by atoms with Crippen LogP contribution in [0.15, 0.2) is 0 Å². The molecule has 0 saturated carbocycles. The van der Waals surface area contributed by atoms with Gasteiger partial charge in [0.05, 0.1) is 6.42 Å². The lowest BCUT2D eigenvalue weighted by atomic mass is 10.3. The van der Waals surface area contributed by atoms with Gasteiger partial charge in [-0.1, -0.05) is 0 Å². The summed E-state index contributed by atoms with van der Waals surface area (Å²) in [5, 5.41) is 11.5. The molecule has 3 heterocycles. The summed E-state index contributed by atoms with van der Waals surface area (Å²) in [5.74, 6) is 2.04. The normalized spacial score (nSPS) is 19.4. The molecule has 2 aliphatic rings. The van der Waals surface area contributed by atoms with Crippen LogP contribution in [-0.4, -0.2) is 51.8 Å². The summed E-state index contributed by atoms with van der Waals surface area (Å²) in [7, 11) is 0. The number of nitrogens with zero attached hydrogens (tertiary/aromatic N) is 4. The number of nitrogens with one attached hydrogen (secondary N) is 1. The number of piperazine rings is 1. The molecule has 92 valence electrons. The number of aromatic nitrogens is 3. The zero-order valence-corrected chi connectivity index (χ0v) is 9.85. The molecule has 0 bridgehead atoms. The van der Waals surface area contributed by atoms with Gasteiger partial charge >= 0.3 is 0 Å². The van der Waals surface area contributed by atoms with Crippen molar-refractivity contribution >= 4 is 5.91 Å². The third kappa shape index (κ3) is 2.04. The molecule has 3 rings (SSSR count). The number of hydrogen-bond acceptors (Lipinski definition) is 4. The third-order valence-corrected chi connectivity index (χ3v) is 3.47. The van der Waals surface area contributed by atoms with Crippen molar-refractivity contribution in [1.29, 1.82) is 0 Å². The van der Waals surface area contributed by atoms with Crippen LogP contribution in [0.1, 0.15) is 18.1 Å². The van der Waals surface area contributed by atoms with E-state index >= 15 is 0 Å². The van der Waals surface area contributed by atoms with Crippen LogP contribution in [0.25, 0.3) is 0 Å². The number of carbonyl (C=O) groups excluding carboxylic acids is 1. The largest absolute Gasteiger partial charge is 0.340 e. The van der Waals surface area contributed by atoms with E-state index < -0.39 is 0 Å². The first-order chi connectivity index (χ1) is 8.34. The molecule has 0 aliphatic carbocycles. The van der Waals surface area contributed by atoms with E-state index in [-0.39, 0.29) is 5.91 Å². The highest BCUT2D eigenvalue weighted by atomic mass is 16.2. The van der Waals surface area contributed by atoms with Gasteiger partial charge in [-0.15, -0.1) is 10.2 Å². The standard InChI is InChI=1S/C11H17N5O/c17-11(15-6-3-12-4-7-15)8-10-14-13-9-2-1-5-16(9)10/h12H,1-8H2. The Bertz CT molecular complexity index is 421. The maximum absolute atomic E-state index is 12.1. The van der Waals surface area contributed by atoms with Crippen molar-refractivity contribution in [2.45, 2.75) is 25.8 Å². The summed E-state index contributed by atoms with van der Waals surface area (Å²) in [5.41, 5.74) is 0. The van der Waals surface area contributed by atoms with Gasteiger partial charge in [0.1, 0.15) is 11.6 Å². The van der Waals surface area contributed by atoms with E-state index in [1.807, 2.05) is 4.90 Å². The van der Waals surface area contributed by atoms with E-state index in [9.17, 15) is 4.79 Å². The molecule has 6 heteroatoms. The summed E-state index contributed by atoms with van der Waals surface area (Å²) >= 11 is 0. The van der Waals surface area contributed by atoms with Gasteiger partial charge < -0.3 is 14.8 Å². The monoisotopic (exact) mass is 235 g/mol. The van der Waals surface area contributed by atoms with Gasteiger partial charge in [0.2, 0.25) is 5.91 Å². The highest BCUT2D eigenvalue weighted by molar-refractivity contribution is 5.78. The van der Waals surface area contributed by atoms with Gasteiger partial charge in [0.15, 0.2) is 0 Å². The molecule has 0 radical (unpaired) electrons. The van der Waals surface area contributed by atoms with E-state index in [0.29, 0.717) is 6.42 Å². The van der Waals surface area contributed by atoms with Crippen LogP contribution < -0.4 is 5.32 Å². The number of hydrogen-bond donors (Lipinski definition) is 1. The zero-order chi connectivity index (χ0) is 11.7. The van der Waals surface area contributed by atoms with Gasteiger partial charge in [-0.2, -0.15) is 0 Å². The predicted octanol–water partition coefficient (Wildman–Crippen LogP) is -0.801. The fraction of sp³-hybridized carbons (Fsp3) is 0.727. The fourth-order valence-electron chi connectivity index (χ4n) is 2.50. The predicted molar refractivity (Wildman–Crippen MR) is 61.5 cm³/mol. The molecule has 1 saturated heterocycles. The average molecular weight is 235 g/mol. The van der Waals surface area contributed by atoms with Crippen molar-refractivity contribution in [3.63, 3.8) is 0 Å². The molecule has 17 heavy (non-hydrogen) atoms. The first-order valence-corrected chi connectivity index (χ1v) is 6.24. The van der Waals surface area contributed by atoms with Crippen LogP contribution in [-0.2, 0) is 24.2 Å². The van der Waals surface area contributed by atoms with Gasteiger partial charge in [-0.3, -0.25) is 4.79 Å². The SMILES string of the molecule is O=C(Cc1nnc2n1CCC2)N1CCNCC1. The maximum atomic E-state index is 12.1. The summed E-state index contributed by atoms with van der Waals surface area (Å²) in [4.78, 5) is 14.0. The molecule has 0 spiro atoms. The van der Waals surface area contributed by atoms with E-state index in [1.165, 1.54) is 0 Å². The maximum Gasteiger partial charge on any atom is 0.230 e. The molecule has 0 unspecified atom stereocenters. The number of amides is 1. The first kappa shape index (κ1) is 10.7. The fourth-order valence-corrected chi connectivity index (χ4v) is 2.50. The van der Waals surface area contributed by atoms with Crippen molar-refractivity contribution in [3.8, 4) is 0 Å². The van der Waals surface area contributed by atoms with Gasteiger partial charge in [-0.25, -0.2) is 0 Å². The molecule has 1 N–H and O–H groups in total. The molecule has 6 nitrogen and oxygen atoms in total. The summed E-state index contributed by atoms with van der Waals surface area (Å²) in [6.07, 6.45) is 2.52.